The fourth-order valence-electron chi connectivity index (χ4n) is 2.72. The maximum atomic E-state index is 12.4. The Morgan fingerprint density at radius 1 is 1.25 bits per heavy atom. The van der Waals surface area contributed by atoms with Crippen LogP contribution in [0, 0.1) is 5.92 Å². The van der Waals surface area contributed by atoms with E-state index in [9.17, 15) is 9.59 Å². The van der Waals surface area contributed by atoms with Crippen molar-refractivity contribution in [3.63, 3.8) is 0 Å². The Morgan fingerprint density at radius 3 is 2.79 bits per heavy atom. The number of carbonyl (C=O) groups is 2. The first kappa shape index (κ1) is 16.3. The molecule has 124 valence electrons. The van der Waals surface area contributed by atoms with E-state index in [2.05, 4.69) is 5.32 Å². The number of carbonyl (C=O) groups excluding carboxylic acids is 2. The highest BCUT2D eigenvalue weighted by Gasteiger charge is 2.35. The Morgan fingerprint density at radius 2 is 2.04 bits per heavy atom. The zero-order chi connectivity index (χ0) is 17.1. The van der Waals surface area contributed by atoms with Gasteiger partial charge >= 0.3 is 0 Å². The molecule has 0 spiro atoms. The molecule has 5 nitrogen and oxygen atoms in total. The topological polar surface area (TPSA) is 58.6 Å². The number of rotatable bonds is 4. The van der Waals surface area contributed by atoms with Gasteiger partial charge in [-0.05, 0) is 30.3 Å². The lowest BCUT2D eigenvalue weighted by atomic mass is 10.1. The van der Waals surface area contributed by atoms with Crippen molar-refractivity contribution in [2.75, 3.05) is 23.9 Å². The number of benzene rings is 2. The van der Waals surface area contributed by atoms with Gasteiger partial charge in [0.05, 0.1) is 13.0 Å². The van der Waals surface area contributed by atoms with E-state index in [0.717, 1.165) is 0 Å². The van der Waals surface area contributed by atoms with Gasteiger partial charge in [0.1, 0.15) is 5.75 Å². The minimum atomic E-state index is -0.400. The molecule has 1 N–H and O–H groups in total. The van der Waals surface area contributed by atoms with Crippen molar-refractivity contribution < 1.29 is 14.3 Å². The SMILES string of the molecule is COc1cccc(NC(=O)C2CC(=O)N(c3cccc(Cl)c3)C2)c1. The minimum absolute atomic E-state index is 0.0805. The number of amides is 2. The van der Waals surface area contributed by atoms with E-state index in [-0.39, 0.29) is 18.2 Å². The zero-order valence-corrected chi connectivity index (χ0v) is 13.9. The van der Waals surface area contributed by atoms with E-state index >= 15 is 0 Å². The lowest BCUT2D eigenvalue weighted by Gasteiger charge is -2.17. The molecule has 0 saturated carbocycles. The molecule has 1 atom stereocenters. The summed E-state index contributed by atoms with van der Waals surface area (Å²) in [6.45, 7) is 0.342. The van der Waals surface area contributed by atoms with Gasteiger partial charge in [-0.2, -0.15) is 0 Å². The molecule has 2 aromatic rings. The summed E-state index contributed by atoms with van der Waals surface area (Å²) in [5, 5.41) is 3.40. The average molecular weight is 345 g/mol. The number of nitrogens with one attached hydrogen (secondary N) is 1. The van der Waals surface area contributed by atoms with Gasteiger partial charge in [0.2, 0.25) is 11.8 Å². The Bertz CT molecular complexity index is 778. The van der Waals surface area contributed by atoms with Crippen molar-refractivity contribution >= 4 is 34.8 Å². The standard InChI is InChI=1S/C18H17ClN2O3/c1-24-16-7-3-5-14(10-16)20-18(23)12-8-17(22)21(11-12)15-6-2-4-13(19)9-15/h2-7,9-10,12H,8,11H2,1H3,(H,20,23). The van der Waals surface area contributed by atoms with Crippen molar-refractivity contribution in [2.24, 2.45) is 5.92 Å². The van der Waals surface area contributed by atoms with Crippen LogP contribution in [0.2, 0.25) is 5.02 Å². The summed E-state index contributed by atoms with van der Waals surface area (Å²) in [4.78, 5) is 26.3. The number of anilines is 2. The fourth-order valence-corrected chi connectivity index (χ4v) is 2.91. The van der Waals surface area contributed by atoms with Crippen LogP contribution in [-0.4, -0.2) is 25.5 Å². The molecule has 6 heteroatoms. The smallest absolute Gasteiger partial charge is 0.229 e. The normalized spacial score (nSPS) is 17.0. The monoisotopic (exact) mass is 344 g/mol. The second-order valence-corrected chi connectivity index (χ2v) is 6.04. The molecule has 0 aromatic heterocycles. The van der Waals surface area contributed by atoms with Crippen LogP contribution in [0.5, 0.6) is 5.75 Å². The van der Waals surface area contributed by atoms with E-state index in [0.29, 0.717) is 28.7 Å². The van der Waals surface area contributed by atoms with E-state index in [1.54, 1.807) is 54.5 Å². The molecule has 3 rings (SSSR count). The number of hydrogen-bond acceptors (Lipinski definition) is 3. The third-order valence-electron chi connectivity index (χ3n) is 3.95. The lowest BCUT2D eigenvalue weighted by Crippen LogP contribution is -2.28. The molecule has 0 bridgehead atoms. The first-order valence-corrected chi connectivity index (χ1v) is 7.95. The van der Waals surface area contributed by atoms with Crippen molar-refractivity contribution in [1.82, 2.24) is 0 Å². The quantitative estimate of drug-likeness (QED) is 0.925. The molecule has 24 heavy (non-hydrogen) atoms. The van der Waals surface area contributed by atoms with Crippen molar-refractivity contribution in [3.8, 4) is 5.75 Å². The molecular weight excluding hydrogens is 328 g/mol. The van der Waals surface area contributed by atoms with Crippen LogP contribution in [0.3, 0.4) is 0 Å². The highest BCUT2D eigenvalue weighted by molar-refractivity contribution is 6.31. The van der Waals surface area contributed by atoms with Gasteiger partial charge < -0.3 is 15.0 Å². The fraction of sp³-hybridized carbons (Fsp3) is 0.222. The Labute approximate surface area is 145 Å². The van der Waals surface area contributed by atoms with Crippen LogP contribution in [0.25, 0.3) is 0 Å². The van der Waals surface area contributed by atoms with E-state index in [4.69, 9.17) is 16.3 Å². The summed E-state index contributed by atoms with van der Waals surface area (Å²) in [6.07, 6.45) is 0.183. The Hall–Kier alpha value is -2.53. The van der Waals surface area contributed by atoms with Crippen molar-refractivity contribution in [2.45, 2.75) is 6.42 Å². The maximum absolute atomic E-state index is 12.4. The maximum Gasteiger partial charge on any atom is 0.229 e. The highest BCUT2D eigenvalue weighted by atomic mass is 35.5. The highest BCUT2D eigenvalue weighted by Crippen LogP contribution is 2.28. The largest absolute Gasteiger partial charge is 0.497 e. The van der Waals surface area contributed by atoms with Gasteiger partial charge in [-0.1, -0.05) is 23.7 Å². The molecule has 2 amide bonds. The summed E-state index contributed by atoms with van der Waals surface area (Å²) in [6, 6.07) is 14.2. The average Bonchev–Trinajstić information content (AvgIpc) is 2.97. The van der Waals surface area contributed by atoms with Crippen LogP contribution in [0.1, 0.15) is 6.42 Å². The molecule has 1 aliphatic rings. The summed E-state index contributed by atoms with van der Waals surface area (Å²) < 4.78 is 5.14. The summed E-state index contributed by atoms with van der Waals surface area (Å²) >= 11 is 5.98. The first-order valence-electron chi connectivity index (χ1n) is 7.57. The van der Waals surface area contributed by atoms with Crippen LogP contribution >= 0.6 is 11.6 Å². The van der Waals surface area contributed by atoms with Crippen LogP contribution in [0.4, 0.5) is 11.4 Å². The molecule has 1 heterocycles. The second kappa shape index (κ2) is 6.93. The lowest BCUT2D eigenvalue weighted by molar-refractivity contribution is -0.122. The van der Waals surface area contributed by atoms with Gasteiger partial charge in [0.25, 0.3) is 0 Å². The third kappa shape index (κ3) is 3.51. The van der Waals surface area contributed by atoms with E-state index < -0.39 is 5.92 Å². The Balaban J connectivity index is 1.69. The second-order valence-electron chi connectivity index (χ2n) is 5.61. The van der Waals surface area contributed by atoms with Crippen LogP contribution < -0.4 is 15.0 Å². The van der Waals surface area contributed by atoms with Gasteiger partial charge in [0.15, 0.2) is 0 Å². The number of ether oxygens (including phenoxy) is 1. The predicted molar refractivity (Wildman–Crippen MR) is 93.5 cm³/mol. The minimum Gasteiger partial charge on any atom is -0.497 e. The molecule has 2 aromatic carbocycles. The van der Waals surface area contributed by atoms with Gasteiger partial charge in [-0.3, -0.25) is 9.59 Å². The molecular formula is C18H17ClN2O3. The molecule has 1 aliphatic heterocycles. The number of halogens is 1. The molecule has 0 radical (unpaired) electrons. The van der Waals surface area contributed by atoms with E-state index in [1.165, 1.54) is 0 Å². The van der Waals surface area contributed by atoms with E-state index in [1.807, 2.05) is 6.07 Å². The van der Waals surface area contributed by atoms with Gasteiger partial charge in [0, 0.05) is 35.4 Å². The van der Waals surface area contributed by atoms with Gasteiger partial charge in [-0.15, -0.1) is 0 Å². The first-order chi connectivity index (χ1) is 11.6. The Kier molecular flexibility index (Phi) is 4.71. The summed E-state index contributed by atoms with van der Waals surface area (Å²) in [5.41, 5.74) is 1.36. The van der Waals surface area contributed by atoms with Crippen LogP contribution in [0.15, 0.2) is 48.5 Å². The number of methoxy groups -OCH3 is 1. The molecule has 1 saturated heterocycles. The number of hydrogen-bond donors (Lipinski definition) is 1. The summed E-state index contributed by atoms with van der Waals surface area (Å²) in [7, 11) is 1.57. The third-order valence-corrected chi connectivity index (χ3v) is 4.19. The molecule has 1 unspecified atom stereocenters. The summed E-state index contributed by atoms with van der Waals surface area (Å²) in [5.74, 6) is 0.00252. The van der Waals surface area contributed by atoms with Crippen molar-refractivity contribution in [1.29, 1.82) is 0 Å². The zero-order valence-electron chi connectivity index (χ0n) is 13.2. The molecule has 1 fully saturated rings. The van der Waals surface area contributed by atoms with Crippen molar-refractivity contribution in [3.05, 3.63) is 53.6 Å². The predicted octanol–water partition coefficient (Wildman–Crippen LogP) is 3.34. The van der Waals surface area contributed by atoms with Crippen LogP contribution in [-0.2, 0) is 9.59 Å². The number of nitrogens with zero attached hydrogens (tertiary/aromatic N) is 1. The molecule has 0 aliphatic carbocycles. The van der Waals surface area contributed by atoms with Gasteiger partial charge in [-0.25, -0.2) is 0 Å².